The van der Waals surface area contributed by atoms with Crippen molar-refractivity contribution in [1.82, 2.24) is 24.7 Å². The molecular weight excluding hydrogens is 244 g/mol. The molecule has 3 N–H and O–H groups in total. The lowest BCUT2D eigenvalue weighted by Crippen LogP contribution is -2.09. The van der Waals surface area contributed by atoms with Crippen LogP contribution in [0.25, 0.3) is 11.0 Å². The number of fused-ring (bicyclic) bond motifs is 1. The Hall–Kier alpha value is -2.57. The summed E-state index contributed by atoms with van der Waals surface area (Å²) in [6.07, 6.45) is 4.87. The first-order valence-electron chi connectivity index (χ1n) is 5.92. The smallest absolute Gasteiger partial charge is 0.158 e. The zero-order chi connectivity index (χ0) is 13.4. The van der Waals surface area contributed by atoms with Crippen LogP contribution in [0.4, 0.5) is 5.82 Å². The van der Waals surface area contributed by atoms with Crippen molar-refractivity contribution in [3.63, 3.8) is 0 Å². The van der Waals surface area contributed by atoms with Crippen molar-refractivity contribution in [3.05, 3.63) is 30.5 Å². The number of aryl methyl sites for hydroxylation is 1. The zero-order valence-electron chi connectivity index (χ0n) is 10.6. The standard InChI is InChI=1S/C12H14N6O/c1-7(10-9(19)5-18(2)17-10)16-12-8-3-4-13-11(8)14-6-15-12/h3-7,19H,1-2H3,(H2,13,14,15,16). The molecule has 0 amide bonds. The summed E-state index contributed by atoms with van der Waals surface area (Å²) in [5, 5.41) is 18.2. The van der Waals surface area contributed by atoms with Gasteiger partial charge in [-0.15, -0.1) is 0 Å². The molecule has 0 aromatic carbocycles. The third kappa shape index (κ3) is 1.99. The highest BCUT2D eigenvalue weighted by atomic mass is 16.3. The molecule has 0 bridgehead atoms. The number of nitrogens with zero attached hydrogens (tertiary/aromatic N) is 4. The van der Waals surface area contributed by atoms with Crippen LogP contribution in [-0.4, -0.2) is 29.8 Å². The molecule has 1 atom stereocenters. The number of H-pyrrole nitrogens is 1. The minimum atomic E-state index is -0.158. The molecule has 0 radical (unpaired) electrons. The van der Waals surface area contributed by atoms with E-state index in [-0.39, 0.29) is 11.8 Å². The topological polar surface area (TPSA) is 91.7 Å². The Kier molecular flexibility index (Phi) is 2.59. The van der Waals surface area contributed by atoms with Crippen LogP contribution < -0.4 is 5.32 Å². The van der Waals surface area contributed by atoms with Crippen molar-refractivity contribution >= 4 is 16.9 Å². The monoisotopic (exact) mass is 258 g/mol. The molecule has 3 rings (SSSR count). The molecule has 7 heteroatoms. The Morgan fingerprint density at radius 1 is 1.42 bits per heavy atom. The van der Waals surface area contributed by atoms with Gasteiger partial charge in [-0.1, -0.05) is 0 Å². The quantitative estimate of drug-likeness (QED) is 0.663. The maximum atomic E-state index is 9.79. The number of aromatic hydroxyl groups is 1. The van der Waals surface area contributed by atoms with Crippen LogP contribution in [0.3, 0.4) is 0 Å². The number of aromatic nitrogens is 5. The van der Waals surface area contributed by atoms with Crippen molar-refractivity contribution in [3.8, 4) is 5.75 Å². The second-order valence-corrected chi connectivity index (χ2v) is 4.40. The summed E-state index contributed by atoms with van der Waals surface area (Å²) in [5.74, 6) is 0.880. The fourth-order valence-electron chi connectivity index (χ4n) is 2.06. The average molecular weight is 258 g/mol. The average Bonchev–Trinajstić information content (AvgIpc) is 2.96. The van der Waals surface area contributed by atoms with Gasteiger partial charge in [-0.3, -0.25) is 4.68 Å². The molecule has 19 heavy (non-hydrogen) atoms. The highest BCUT2D eigenvalue weighted by Gasteiger charge is 2.16. The van der Waals surface area contributed by atoms with E-state index in [1.807, 2.05) is 19.2 Å². The van der Waals surface area contributed by atoms with Crippen molar-refractivity contribution in [2.45, 2.75) is 13.0 Å². The molecule has 0 aliphatic carbocycles. The van der Waals surface area contributed by atoms with Gasteiger partial charge in [0.1, 0.15) is 23.5 Å². The number of anilines is 1. The van der Waals surface area contributed by atoms with E-state index in [1.54, 1.807) is 17.9 Å². The summed E-state index contributed by atoms with van der Waals surface area (Å²) in [6.45, 7) is 1.92. The maximum absolute atomic E-state index is 9.79. The number of hydrogen-bond donors (Lipinski definition) is 3. The lowest BCUT2D eigenvalue weighted by molar-refractivity contribution is 0.465. The van der Waals surface area contributed by atoms with E-state index in [9.17, 15) is 5.11 Å². The van der Waals surface area contributed by atoms with E-state index in [0.29, 0.717) is 11.5 Å². The third-order valence-electron chi connectivity index (χ3n) is 2.95. The lowest BCUT2D eigenvalue weighted by Gasteiger charge is -2.13. The molecule has 7 nitrogen and oxygen atoms in total. The summed E-state index contributed by atoms with van der Waals surface area (Å²) < 4.78 is 1.58. The maximum Gasteiger partial charge on any atom is 0.158 e. The van der Waals surface area contributed by atoms with Gasteiger partial charge in [-0.2, -0.15) is 5.10 Å². The molecule has 0 fully saturated rings. The van der Waals surface area contributed by atoms with Crippen LogP contribution in [0.15, 0.2) is 24.8 Å². The molecule has 3 heterocycles. The first-order valence-corrected chi connectivity index (χ1v) is 5.92. The number of hydrogen-bond acceptors (Lipinski definition) is 5. The van der Waals surface area contributed by atoms with Crippen LogP contribution >= 0.6 is 0 Å². The Morgan fingerprint density at radius 2 is 2.26 bits per heavy atom. The van der Waals surface area contributed by atoms with Gasteiger partial charge in [0.25, 0.3) is 0 Å². The third-order valence-corrected chi connectivity index (χ3v) is 2.95. The summed E-state index contributed by atoms with van der Waals surface area (Å²) in [5.41, 5.74) is 1.36. The van der Waals surface area contributed by atoms with Gasteiger partial charge in [0.15, 0.2) is 5.75 Å². The minimum Gasteiger partial charge on any atom is -0.504 e. The van der Waals surface area contributed by atoms with Crippen molar-refractivity contribution in [1.29, 1.82) is 0 Å². The van der Waals surface area contributed by atoms with Gasteiger partial charge in [0.2, 0.25) is 0 Å². The van der Waals surface area contributed by atoms with Crippen LogP contribution in [0.2, 0.25) is 0 Å². The molecule has 0 aliphatic rings. The molecular formula is C12H14N6O. The molecule has 98 valence electrons. The Balaban J connectivity index is 1.92. The largest absolute Gasteiger partial charge is 0.504 e. The fourth-order valence-corrected chi connectivity index (χ4v) is 2.06. The van der Waals surface area contributed by atoms with Gasteiger partial charge in [-0.25, -0.2) is 9.97 Å². The SMILES string of the molecule is CC(Nc1ncnc2[nH]ccc12)c1nn(C)cc1O. The van der Waals surface area contributed by atoms with Crippen molar-refractivity contribution in [2.75, 3.05) is 5.32 Å². The van der Waals surface area contributed by atoms with E-state index < -0.39 is 0 Å². The molecule has 0 spiro atoms. The molecule has 0 aliphatic heterocycles. The van der Waals surface area contributed by atoms with Gasteiger partial charge in [0.05, 0.1) is 17.6 Å². The summed E-state index contributed by atoms with van der Waals surface area (Å²) >= 11 is 0. The Bertz CT molecular complexity index is 716. The first-order chi connectivity index (χ1) is 9.15. The fraction of sp³-hybridized carbons (Fsp3) is 0.250. The Morgan fingerprint density at radius 3 is 3.00 bits per heavy atom. The van der Waals surface area contributed by atoms with Crippen molar-refractivity contribution in [2.24, 2.45) is 7.05 Å². The zero-order valence-corrected chi connectivity index (χ0v) is 10.6. The van der Waals surface area contributed by atoms with Crippen LogP contribution in [0, 0.1) is 0 Å². The van der Waals surface area contributed by atoms with E-state index in [0.717, 1.165) is 11.0 Å². The normalized spacial score (nSPS) is 12.7. The number of nitrogens with one attached hydrogen (secondary N) is 2. The second kappa shape index (κ2) is 4.27. The Labute approximate surface area is 109 Å². The van der Waals surface area contributed by atoms with E-state index in [4.69, 9.17) is 0 Å². The molecule has 0 saturated heterocycles. The van der Waals surface area contributed by atoms with Gasteiger partial charge >= 0.3 is 0 Å². The van der Waals surface area contributed by atoms with E-state index in [2.05, 4.69) is 25.4 Å². The van der Waals surface area contributed by atoms with Crippen LogP contribution in [0.1, 0.15) is 18.7 Å². The van der Waals surface area contributed by atoms with E-state index >= 15 is 0 Å². The predicted octanol–water partition coefficient (Wildman–Crippen LogP) is 1.57. The molecule has 3 aromatic rings. The first kappa shape index (κ1) is 11.5. The summed E-state index contributed by atoms with van der Waals surface area (Å²) in [4.78, 5) is 11.4. The van der Waals surface area contributed by atoms with Crippen LogP contribution in [-0.2, 0) is 7.05 Å². The molecule has 3 aromatic heterocycles. The number of rotatable bonds is 3. The predicted molar refractivity (Wildman–Crippen MR) is 70.8 cm³/mol. The summed E-state index contributed by atoms with van der Waals surface area (Å²) in [6, 6.07) is 1.75. The van der Waals surface area contributed by atoms with Gasteiger partial charge in [0, 0.05) is 13.2 Å². The van der Waals surface area contributed by atoms with Crippen molar-refractivity contribution < 1.29 is 5.11 Å². The number of aromatic amines is 1. The minimum absolute atomic E-state index is 0.158. The molecule has 1 unspecified atom stereocenters. The highest BCUT2D eigenvalue weighted by Crippen LogP contribution is 2.26. The van der Waals surface area contributed by atoms with Gasteiger partial charge < -0.3 is 15.4 Å². The van der Waals surface area contributed by atoms with Gasteiger partial charge in [-0.05, 0) is 13.0 Å². The van der Waals surface area contributed by atoms with Crippen LogP contribution in [0.5, 0.6) is 5.75 Å². The van der Waals surface area contributed by atoms with E-state index in [1.165, 1.54) is 6.33 Å². The highest BCUT2D eigenvalue weighted by molar-refractivity contribution is 5.86. The lowest BCUT2D eigenvalue weighted by atomic mass is 10.2. The second-order valence-electron chi connectivity index (χ2n) is 4.40. The molecule has 0 saturated carbocycles. The summed E-state index contributed by atoms with van der Waals surface area (Å²) in [7, 11) is 1.77.